The van der Waals surface area contributed by atoms with Crippen molar-refractivity contribution < 1.29 is 9.72 Å². The second kappa shape index (κ2) is 6.39. The summed E-state index contributed by atoms with van der Waals surface area (Å²) in [5.41, 5.74) is 0.777. The molecule has 0 aliphatic carbocycles. The number of nitrogens with zero attached hydrogens (tertiary/aromatic N) is 2. The molecule has 0 unspecified atom stereocenters. The maximum absolute atomic E-state index is 11.3. The van der Waals surface area contributed by atoms with Crippen molar-refractivity contribution in [2.45, 2.75) is 6.92 Å². The van der Waals surface area contributed by atoms with Crippen LogP contribution in [0, 0.1) is 10.1 Å². The van der Waals surface area contributed by atoms with Gasteiger partial charge in [-0.25, -0.2) is 0 Å². The molecule has 0 saturated carbocycles. The summed E-state index contributed by atoms with van der Waals surface area (Å²) in [6.07, 6.45) is 2.01. The Morgan fingerprint density at radius 1 is 1.50 bits per heavy atom. The van der Waals surface area contributed by atoms with E-state index in [0.717, 1.165) is 18.0 Å². The summed E-state index contributed by atoms with van der Waals surface area (Å²) in [4.78, 5) is 23.7. The van der Waals surface area contributed by atoms with Gasteiger partial charge in [0.05, 0.1) is 10.5 Å². The number of hydrogen-bond acceptors (Lipinski definition) is 5. The minimum absolute atomic E-state index is 0.129. The van der Waals surface area contributed by atoms with Crippen LogP contribution in [0.3, 0.4) is 0 Å². The number of hydrogen-bond donors (Lipinski definition) is 0. The summed E-state index contributed by atoms with van der Waals surface area (Å²) in [5.74, 6) is 0.652. The molecule has 0 atom stereocenters. The van der Waals surface area contributed by atoms with E-state index in [0.29, 0.717) is 0 Å². The third-order valence-electron chi connectivity index (χ3n) is 2.63. The van der Waals surface area contributed by atoms with Gasteiger partial charge in [0, 0.05) is 31.1 Å². The molecule has 0 aromatic heterocycles. The first-order valence-corrected chi connectivity index (χ1v) is 6.86. The van der Waals surface area contributed by atoms with Crippen LogP contribution in [0.1, 0.15) is 17.3 Å². The van der Waals surface area contributed by atoms with Gasteiger partial charge < -0.3 is 4.90 Å². The number of thioether (sulfide) groups is 1. The van der Waals surface area contributed by atoms with Crippen LogP contribution in [0.25, 0.3) is 0 Å². The number of carbonyl (C=O) groups is 1. The van der Waals surface area contributed by atoms with Gasteiger partial charge in [-0.2, -0.15) is 11.8 Å². The van der Waals surface area contributed by atoms with E-state index in [1.165, 1.54) is 19.1 Å². The van der Waals surface area contributed by atoms with Gasteiger partial charge in [-0.3, -0.25) is 14.9 Å². The van der Waals surface area contributed by atoms with Crippen LogP contribution in [0.15, 0.2) is 18.2 Å². The van der Waals surface area contributed by atoms with E-state index in [-0.39, 0.29) is 17.0 Å². The first-order valence-electron chi connectivity index (χ1n) is 5.46. The molecule has 0 N–H and O–H groups in total. The minimum Gasteiger partial charge on any atom is -0.374 e. The molecule has 1 rings (SSSR count). The molecule has 0 saturated heterocycles. The molecule has 6 heteroatoms. The Morgan fingerprint density at radius 2 is 2.17 bits per heavy atom. The summed E-state index contributed by atoms with van der Waals surface area (Å²) in [5, 5.41) is 10.9. The van der Waals surface area contributed by atoms with E-state index >= 15 is 0 Å². The average Bonchev–Trinajstić information content (AvgIpc) is 2.34. The average molecular weight is 268 g/mol. The highest BCUT2D eigenvalue weighted by Crippen LogP contribution is 2.25. The van der Waals surface area contributed by atoms with Gasteiger partial charge in [-0.05, 0) is 25.3 Å². The van der Waals surface area contributed by atoms with Crippen LogP contribution in [-0.4, -0.2) is 36.3 Å². The summed E-state index contributed by atoms with van der Waals surface area (Å²) in [7, 11) is 1.88. The molecule has 98 valence electrons. The van der Waals surface area contributed by atoms with Crippen molar-refractivity contribution in [3.8, 4) is 0 Å². The quantitative estimate of drug-likeness (QED) is 0.451. The van der Waals surface area contributed by atoms with Gasteiger partial charge in [0.1, 0.15) is 0 Å². The van der Waals surface area contributed by atoms with E-state index in [2.05, 4.69) is 0 Å². The molecular formula is C12H16N2O3S. The number of nitro benzene ring substituents is 1. The lowest BCUT2D eigenvalue weighted by Gasteiger charge is -2.18. The molecule has 0 heterocycles. The second-order valence-electron chi connectivity index (χ2n) is 3.93. The molecular weight excluding hydrogens is 252 g/mol. The number of Topliss-reactive ketones (excluding diaryl/α,β-unsaturated/α-hetero) is 1. The maximum Gasteiger partial charge on any atom is 0.282 e. The van der Waals surface area contributed by atoms with Crippen molar-refractivity contribution in [1.82, 2.24) is 0 Å². The lowest BCUT2D eigenvalue weighted by Crippen LogP contribution is -2.20. The summed E-state index contributed by atoms with van der Waals surface area (Å²) in [6.45, 7) is 2.14. The molecule has 0 bridgehead atoms. The highest BCUT2D eigenvalue weighted by atomic mass is 32.2. The smallest absolute Gasteiger partial charge is 0.282 e. The Labute approximate surface area is 110 Å². The van der Waals surface area contributed by atoms with Crippen LogP contribution in [0.2, 0.25) is 0 Å². The van der Waals surface area contributed by atoms with Crippen LogP contribution in [-0.2, 0) is 0 Å². The number of ketones is 1. The summed E-state index contributed by atoms with van der Waals surface area (Å²) < 4.78 is 0. The van der Waals surface area contributed by atoms with Crippen molar-refractivity contribution in [2.24, 2.45) is 0 Å². The van der Waals surface area contributed by atoms with E-state index in [1.807, 2.05) is 18.2 Å². The number of anilines is 1. The predicted molar refractivity (Wildman–Crippen MR) is 74.8 cm³/mol. The van der Waals surface area contributed by atoms with Crippen molar-refractivity contribution >= 4 is 28.9 Å². The molecule has 0 spiro atoms. The van der Waals surface area contributed by atoms with Gasteiger partial charge in [-0.15, -0.1) is 0 Å². The lowest BCUT2D eigenvalue weighted by atomic mass is 10.1. The van der Waals surface area contributed by atoms with Crippen molar-refractivity contribution in [1.29, 1.82) is 0 Å². The summed E-state index contributed by atoms with van der Waals surface area (Å²) >= 11 is 1.71. The fourth-order valence-corrected chi connectivity index (χ4v) is 2.02. The van der Waals surface area contributed by atoms with Crippen LogP contribution < -0.4 is 4.90 Å². The lowest BCUT2D eigenvalue weighted by molar-refractivity contribution is -0.385. The Kier molecular flexibility index (Phi) is 5.15. The summed E-state index contributed by atoms with van der Waals surface area (Å²) in [6, 6.07) is 4.71. The van der Waals surface area contributed by atoms with Crippen LogP contribution in [0.5, 0.6) is 0 Å². The molecule has 0 fully saturated rings. The SMILES string of the molecule is CSCCN(C)c1ccc(C(C)=O)c([N+](=O)[O-])c1. The number of carbonyl (C=O) groups excluding carboxylic acids is 1. The normalized spacial score (nSPS) is 10.2. The molecule has 0 aliphatic heterocycles. The largest absolute Gasteiger partial charge is 0.374 e. The van der Waals surface area contributed by atoms with E-state index < -0.39 is 4.92 Å². The Balaban J connectivity index is 3.07. The standard InChI is InChI=1S/C12H16N2O3S/c1-9(15)11-5-4-10(8-12(11)14(16)17)13(2)6-7-18-3/h4-5,8H,6-7H2,1-3H3. The van der Waals surface area contributed by atoms with Gasteiger partial charge >= 0.3 is 0 Å². The molecule has 1 aromatic rings. The van der Waals surface area contributed by atoms with E-state index in [9.17, 15) is 14.9 Å². The van der Waals surface area contributed by atoms with Crippen LogP contribution in [0.4, 0.5) is 11.4 Å². The van der Waals surface area contributed by atoms with E-state index in [1.54, 1.807) is 17.8 Å². The fraction of sp³-hybridized carbons (Fsp3) is 0.417. The van der Waals surface area contributed by atoms with Crippen molar-refractivity contribution in [3.63, 3.8) is 0 Å². The zero-order valence-corrected chi connectivity index (χ0v) is 11.5. The van der Waals surface area contributed by atoms with Crippen LogP contribution >= 0.6 is 11.8 Å². The molecule has 18 heavy (non-hydrogen) atoms. The number of benzene rings is 1. The van der Waals surface area contributed by atoms with Crippen molar-refractivity contribution in [3.05, 3.63) is 33.9 Å². The molecule has 0 aliphatic rings. The fourth-order valence-electron chi connectivity index (χ4n) is 1.56. The second-order valence-corrected chi connectivity index (χ2v) is 4.91. The maximum atomic E-state index is 11.3. The molecule has 0 radical (unpaired) electrons. The molecule has 0 amide bonds. The van der Waals surface area contributed by atoms with Gasteiger partial charge in [0.25, 0.3) is 5.69 Å². The zero-order valence-electron chi connectivity index (χ0n) is 10.7. The first-order chi connectivity index (χ1) is 8.47. The number of rotatable bonds is 6. The zero-order chi connectivity index (χ0) is 13.7. The van der Waals surface area contributed by atoms with Gasteiger partial charge in [0.2, 0.25) is 0 Å². The Hall–Kier alpha value is -1.56. The Bertz CT molecular complexity index is 463. The molecule has 1 aromatic carbocycles. The molecule has 5 nitrogen and oxygen atoms in total. The third-order valence-corrected chi connectivity index (χ3v) is 3.22. The topological polar surface area (TPSA) is 63.5 Å². The Morgan fingerprint density at radius 3 is 2.67 bits per heavy atom. The first kappa shape index (κ1) is 14.5. The van der Waals surface area contributed by atoms with E-state index in [4.69, 9.17) is 0 Å². The highest BCUT2D eigenvalue weighted by molar-refractivity contribution is 7.98. The van der Waals surface area contributed by atoms with Crippen molar-refractivity contribution in [2.75, 3.05) is 30.5 Å². The minimum atomic E-state index is -0.511. The monoisotopic (exact) mass is 268 g/mol. The highest BCUT2D eigenvalue weighted by Gasteiger charge is 2.18. The van der Waals surface area contributed by atoms with Gasteiger partial charge in [0.15, 0.2) is 5.78 Å². The predicted octanol–water partition coefficient (Wildman–Crippen LogP) is 2.60. The third kappa shape index (κ3) is 3.46. The number of nitro groups is 1. The van der Waals surface area contributed by atoms with Gasteiger partial charge in [-0.1, -0.05) is 0 Å².